The molecular formula is C14H16FN5O2. The molecule has 2 aromatic rings. The van der Waals surface area contributed by atoms with Gasteiger partial charge in [-0.05, 0) is 54.8 Å². The number of anilines is 1. The van der Waals surface area contributed by atoms with Gasteiger partial charge >= 0.3 is 0 Å². The minimum Gasteiger partial charge on any atom is -0.392 e. The van der Waals surface area contributed by atoms with Crippen LogP contribution in [-0.4, -0.2) is 37.3 Å². The number of benzene rings is 1. The van der Waals surface area contributed by atoms with Gasteiger partial charge < -0.3 is 10.4 Å². The zero-order valence-electron chi connectivity index (χ0n) is 12.0. The third-order valence-corrected chi connectivity index (χ3v) is 3.88. The summed E-state index contributed by atoms with van der Waals surface area (Å²) < 4.78 is 15.2. The number of hydrogen-bond donors (Lipinski definition) is 2. The Labute approximate surface area is 126 Å². The number of halogens is 1. The van der Waals surface area contributed by atoms with Gasteiger partial charge in [0, 0.05) is 5.69 Å². The Morgan fingerprint density at radius 1 is 1.45 bits per heavy atom. The highest BCUT2D eigenvalue weighted by Gasteiger charge is 2.31. The fraction of sp³-hybridized carbons (Fsp3) is 0.429. The van der Waals surface area contributed by atoms with Crippen LogP contribution < -0.4 is 5.32 Å². The monoisotopic (exact) mass is 305 g/mol. The summed E-state index contributed by atoms with van der Waals surface area (Å²) >= 11 is 0. The molecule has 2 unspecified atom stereocenters. The van der Waals surface area contributed by atoms with Gasteiger partial charge in [-0.15, -0.1) is 5.10 Å². The molecular weight excluding hydrogens is 289 g/mol. The Kier molecular flexibility index (Phi) is 3.84. The van der Waals surface area contributed by atoms with Crippen molar-refractivity contribution in [2.45, 2.75) is 32.3 Å². The van der Waals surface area contributed by atoms with E-state index in [1.54, 1.807) is 6.92 Å². The van der Waals surface area contributed by atoms with Crippen molar-refractivity contribution in [2.75, 3.05) is 5.32 Å². The molecule has 1 heterocycles. The Morgan fingerprint density at radius 2 is 2.27 bits per heavy atom. The highest BCUT2D eigenvalue weighted by molar-refractivity contribution is 5.93. The molecule has 3 rings (SSSR count). The number of hydrogen-bond acceptors (Lipinski definition) is 5. The highest BCUT2D eigenvalue weighted by Crippen LogP contribution is 2.27. The van der Waals surface area contributed by atoms with Crippen LogP contribution in [0, 0.1) is 18.7 Å². The van der Waals surface area contributed by atoms with Crippen LogP contribution in [0.3, 0.4) is 0 Å². The molecule has 2 N–H and O–H groups in total. The minimum absolute atomic E-state index is 0.160. The van der Waals surface area contributed by atoms with E-state index in [-0.39, 0.29) is 11.6 Å². The second-order valence-electron chi connectivity index (χ2n) is 5.40. The first-order valence-corrected chi connectivity index (χ1v) is 7.10. The molecule has 2 atom stereocenters. The maximum Gasteiger partial charge on any atom is 0.230 e. The lowest BCUT2D eigenvalue weighted by Crippen LogP contribution is -2.28. The van der Waals surface area contributed by atoms with Gasteiger partial charge in [0.2, 0.25) is 5.91 Å². The number of aliphatic hydroxyl groups excluding tert-OH is 1. The van der Waals surface area contributed by atoms with Gasteiger partial charge in [0.15, 0.2) is 5.82 Å². The molecule has 8 heteroatoms. The maximum atomic E-state index is 13.9. The first-order chi connectivity index (χ1) is 10.6. The summed E-state index contributed by atoms with van der Waals surface area (Å²) in [4.78, 5) is 12.2. The normalized spacial score (nSPS) is 21.0. The fourth-order valence-corrected chi connectivity index (χ4v) is 2.69. The molecule has 1 amide bonds. The van der Waals surface area contributed by atoms with Gasteiger partial charge in [0.1, 0.15) is 11.5 Å². The van der Waals surface area contributed by atoms with E-state index >= 15 is 0 Å². The lowest BCUT2D eigenvalue weighted by atomic mass is 10.1. The largest absolute Gasteiger partial charge is 0.392 e. The second-order valence-corrected chi connectivity index (χ2v) is 5.40. The van der Waals surface area contributed by atoms with E-state index in [1.807, 2.05) is 0 Å². The molecule has 116 valence electrons. The van der Waals surface area contributed by atoms with E-state index in [2.05, 4.69) is 20.8 Å². The number of nitrogens with one attached hydrogen (secondary N) is 1. The number of rotatable bonds is 3. The van der Waals surface area contributed by atoms with Crippen LogP contribution in [0.1, 0.15) is 25.1 Å². The van der Waals surface area contributed by atoms with Crippen LogP contribution in [0.5, 0.6) is 0 Å². The number of amides is 1. The Morgan fingerprint density at radius 3 is 2.91 bits per heavy atom. The van der Waals surface area contributed by atoms with Crippen molar-refractivity contribution in [3.05, 3.63) is 29.8 Å². The number of aryl methyl sites for hydroxylation is 1. The average molecular weight is 305 g/mol. The van der Waals surface area contributed by atoms with Crippen LogP contribution in [0.2, 0.25) is 0 Å². The zero-order valence-corrected chi connectivity index (χ0v) is 12.0. The first kappa shape index (κ1) is 14.6. The first-order valence-electron chi connectivity index (χ1n) is 7.10. The quantitative estimate of drug-likeness (QED) is 0.889. The predicted octanol–water partition coefficient (Wildman–Crippen LogP) is 1.21. The van der Waals surface area contributed by atoms with E-state index in [0.29, 0.717) is 24.4 Å². The third kappa shape index (κ3) is 2.69. The summed E-state index contributed by atoms with van der Waals surface area (Å²) in [6.07, 6.45) is 1.52. The Hall–Kier alpha value is -2.35. The molecule has 0 spiro atoms. The van der Waals surface area contributed by atoms with Crippen LogP contribution in [-0.2, 0) is 4.79 Å². The lowest BCUT2D eigenvalue weighted by molar-refractivity contribution is -0.122. The number of aliphatic hydroxyl groups is 1. The van der Waals surface area contributed by atoms with E-state index < -0.39 is 17.8 Å². The number of tetrazole rings is 1. The molecule has 1 aromatic heterocycles. The van der Waals surface area contributed by atoms with Crippen LogP contribution >= 0.6 is 0 Å². The average Bonchev–Trinajstić information content (AvgIpc) is 3.09. The molecule has 0 saturated heterocycles. The number of carbonyl (C=O) groups excluding carboxylic acids is 1. The summed E-state index contributed by atoms with van der Waals surface area (Å²) in [6, 6.07) is 4.19. The van der Waals surface area contributed by atoms with Crippen molar-refractivity contribution in [1.82, 2.24) is 20.2 Å². The summed E-state index contributed by atoms with van der Waals surface area (Å²) in [5.74, 6) is -0.720. The minimum atomic E-state index is -0.610. The van der Waals surface area contributed by atoms with Gasteiger partial charge in [0.25, 0.3) is 0 Å². The summed E-state index contributed by atoms with van der Waals surface area (Å²) in [5, 5.41) is 23.4. The summed E-state index contributed by atoms with van der Waals surface area (Å²) in [6.45, 7) is 1.65. The molecule has 0 radical (unpaired) electrons. The summed E-state index contributed by atoms with van der Waals surface area (Å²) in [5.41, 5.74) is 0.600. The van der Waals surface area contributed by atoms with Crippen molar-refractivity contribution >= 4 is 11.6 Å². The molecule has 1 saturated carbocycles. The topological polar surface area (TPSA) is 92.9 Å². The van der Waals surface area contributed by atoms with Crippen molar-refractivity contribution < 1.29 is 14.3 Å². The third-order valence-electron chi connectivity index (χ3n) is 3.88. The summed E-state index contributed by atoms with van der Waals surface area (Å²) in [7, 11) is 0. The zero-order chi connectivity index (χ0) is 15.7. The maximum absolute atomic E-state index is 13.9. The fourth-order valence-electron chi connectivity index (χ4n) is 2.69. The Balaban J connectivity index is 1.83. The molecule has 1 aromatic carbocycles. The number of carbonyl (C=O) groups is 1. The molecule has 7 nitrogen and oxygen atoms in total. The van der Waals surface area contributed by atoms with E-state index in [1.165, 1.54) is 22.9 Å². The van der Waals surface area contributed by atoms with Gasteiger partial charge in [-0.3, -0.25) is 4.79 Å². The Bertz CT molecular complexity index is 702. The van der Waals surface area contributed by atoms with Gasteiger partial charge in [-0.2, -0.15) is 4.68 Å². The second kappa shape index (κ2) is 5.80. The molecule has 1 aliphatic carbocycles. The van der Waals surface area contributed by atoms with Gasteiger partial charge in [0.05, 0.1) is 12.0 Å². The van der Waals surface area contributed by atoms with Crippen LogP contribution in [0.15, 0.2) is 18.2 Å². The van der Waals surface area contributed by atoms with E-state index in [9.17, 15) is 14.3 Å². The molecule has 1 aliphatic rings. The predicted molar refractivity (Wildman–Crippen MR) is 75.8 cm³/mol. The van der Waals surface area contributed by atoms with E-state index in [4.69, 9.17) is 0 Å². The molecule has 0 bridgehead atoms. The van der Waals surface area contributed by atoms with Crippen LogP contribution in [0.4, 0.5) is 10.1 Å². The van der Waals surface area contributed by atoms with Gasteiger partial charge in [-0.25, -0.2) is 4.39 Å². The SMILES string of the molecule is Cc1nnnn1-c1cc(NC(=O)C2CCCC2O)ccc1F. The molecule has 22 heavy (non-hydrogen) atoms. The standard InChI is InChI=1S/C14H16FN5O2/c1-8-17-18-19-20(8)12-7-9(5-6-11(12)15)16-14(22)10-3-2-4-13(10)21/h5-7,10,13,21H,2-4H2,1H3,(H,16,22). The van der Waals surface area contributed by atoms with Gasteiger partial charge in [-0.1, -0.05) is 0 Å². The van der Waals surface area contributed by atoms with Crippen molar-refractivity contribution in [1.29, 1.82) is 0 Å². The lowest BCUT2D eigenvalue weighted by Gasteiger charge is -2.15. The van der Waals surface area contributed by atoms with Crippen molar-refractivity contribution in [3.8, 4) is 5.69 Å². The van der Waals surface area contributed by atoms with E-state index in [0.717, 1.165) is 6.42 Å². The number of nitrogens with zero attached hydrogens (tertiary/aromatic N) is 4. The smallest absolute Gasteiger partial charge is 0.230 e. The molecule has 1 fully saturated rings. The van der Waals surface area contributed by atoms with Crippen molar-refractivity contribution in [2.24, 2.45) is 5.92 Å². The van der Waals surface area contributed by atoms with Crippen molar-refractivity contribution in [3.63, 3.8) is 0 Å². The number of aromatic nitrogens is 4. The highest BCUT2D eigenvalue weighted by atomic mass is 19.1. The van der Waals surface area contributed by atoms with Crippen LogP contribution in [0.25, 0.3) is 5.69 Å². The molecule has 0 aliphatic heterocycles.